The fourth-order valence-electron chi connectivity index (χ4n) is 1.34. The number of hydrogen-bond donors (Lipinski definition) is 0. The lowest BCUT2D eigenvalue weighted by Gasteiger charge is -2.19. The number of halogens is 2. The van der Waals surface area contributed by atoms with E-state index in [2.05, 4.69) is 0 Å². The molecule has 0 bridgehead atoms. The SMILES string of the molecule is CC(C)(C)C1=CCCC(F)C(F)=C1. The van der Waals surface area contributed by atoms with E-state index in [9.17, 15) is 8.78 Å². The van der Waals surface area contributed by atoms with Crippen LogP contribution in [0.1, 0.15) is 33.6 Å². The van der Waals surface area contributed by atoms with Gasteiger partial charge in [-0.05, 0) is 29.9 Å². The van der Waals surface area contributed by atoms with Gasteiger partial charge in [0.25, 0.3) is 0 Å². The first kappa shape index (κ1) is 10.4. The van der Waals surface area contributed by atoms with E-state index >= 15 is 0 Å². The molecule has 74 valence electrons. The summed E-state index contributed by atoms with van der Waals surface area (Å²) in [6, 6.07) is 0. The van der Waals surface area contributed by atoms with E-state index in [1.165, 1.54) is 6.08 Å². The van der Waals surface area contributed by atoms with E-state index in [1.807, 2.05) is 26.8 Å². The Hall–Kier alpha value is -0.660. The predicted molar refractivity (Wildman–Crippen MR) is 50.9 cm³/mol. The van der Waals surface area contributed by atoms with Crippen molar-refractivity contribution in [3.63, 3.8) is 0 Å². The Labute approximate surface area is 78.3 Å². The molecule has 0 heterocycles. The van der Waals surface area contributed by atoms with Crippen LogP contribution in [0.4, 0.5) is 8.78 Å². The van der Waals surface area contributed by atoms with Gasteiger partial charge in [0.15, 0.2) is 6.17 Å². The zero-order valence-electron chi connectivity index (χ0n) is 8.40. The van der Waals surface area contributed by atoms with Gasteiger partial charge in [0.1, 0.15) is 5.83 Å². The van der Waals surface area contributed by atoms with Gasteiger partial charge in [-0.25, -0.2) is 8.78 Å². The van der Waals surface area contributed by atoms with Crippen molar-refractivity contribution < 1.29 is 8.78 Å². The van der Waals surface area contributed by atoms with Gasteiger partial charge in [-0.15, -0.1) is 0 Å². The molecule has 0 fully saturated rings. The topological polar surface area (TPSA) is 0 Å². The Bertz CT molecular complexity index is 243. The highest BCUT2D eigenvalue weighted by Crippen LogP contribution is 2.32. The summed E-state index contributed by atoms with van der Waals surface area (Å²) >= 11 is 0. The lowest BCUT2D eigenvalue weighted by molar-refractivity contribution is 0.312. The lowest BCUT2D eigenvalue weighted by atomic mass is 9.86. The van der Waals surface area contributed by atoms with E-state index in [-0.39, 0.29) is 11.8 Å². The molecule has 0 saturated heterocycles. The average Bonchev–Trinajstić information content (AvgIpc) is 2.13. The van der Waals surface area contributed by atoms with E-state index in [0.717, 1.165) is 5.57 Å². The number of alkyl halides is 1. The minimum atomic E-state index is -1.41. The quantitative estimate of drug-likeness (QED) is 0.537. The summed E-state index contributed by atoms with van der Waals surface area (Å²) in [7, 11) is 0. The first-order valence-corrected chi connectivity index (χ1v) is 4.63. The van der Waals surface area contributed by atoms with Crippen molar-refractivity contribution in [3.05, 3.63) is 23.6 Å². The predicted octanol–water partition coefficient (Wildman–Crippen LogP) is 3.94. The number of hydrogen-bond acceptors (Lipinski definition) is 0. The molecule has 1 atom stereocenters. The molecule has 0 nitrogen and oxygen atoms in total. The zero-order valence-corrected chi connectivity index (χ0v) is 8.40. The van der Waals surface area contributed by atoms with Crippen molar-refractivity contribution in [2.45, 2.75) is 39.8 Å². The third-order valence-corrected chi connectivity index (χ3v) is 2.24. The van der Waals surface area contributed by atoms with Gasteiger partial charge >= 0.3 is 0 Å². The third-order valence-electron chi connectivity index (χ3n) is 2.24. The van der Waals surface area contributed by atoms with Crippen molar-refractivity contribution in [2.75, 3.05) is 0 Å². The Morgan fingerprint density at radius 3 is 2.54 bits per heavy atom. The first-order chi connectivity index (χ1) is 5.91. The van der Waals surface area contributed by atoms with Crippen LogP contribution < -0.4 is 0 Å². The summed E-state index contributed by atoms with van der Waals surface area (Å²) in [5, 5.41) is 0. The molecular weight excluding hydrogens is 170 g/mol. The molecule has 1 unspecified atom stereocenters. The number of rotatable bonds is 0. The summed E-state index contributed by atoms with van der Waals surface area (Å²) in [6.07, 6.45) is 2.76. The Balaban J connectivity index is 2.92. The maximum atomic E-state index is 13.1. The van der Waals surface area contributed by atoms with Gasteiger partial charge in [-0.3, -0.25) is 0 Å². The van der Waals surface area contributed by atoms with Crippen molar-refractivity contribution in [2.24, 2.45) is 5.41 Å². The van der Waals surface area contributed by atoms with E-state index in [0.29, 0.717) is 6.42 Å². The van der Waals surface area contributed by atoms with Crippen LogP contribution in [0.2, 0.25) is 0 Å². The largest absolute Gasteiger partial charge is 0.240 e. The maximum absolute atomic E-state index is 13.1. The molecule has 1 aliphatic carbocycles. The average molecular weight is 186 g/mol. The molecule has 1 aliphatic rings. The summed E-state index contributed by atoms with van der Waals surface area (Å²) < 4.78 is 26.0. The van der Waals surface area contributed by atoms with Crippen molar-refractivity contribution in [1.82, 2.24) is 0 Å². The molecule has 0 N–H and O–H groups in total. The van der Waals surface area contributed by atoms with Crippen LogP contribution >= 0.6 is 0 Å². The second-order valence-electron chi connectivity index (χ2n) is 4.48. The number of allylic oxidation sites excluding steroid dienone is 4. The van der Waals surface area contributed by atoms with Crippen LogP contribution in [0.15, 0.2) is 23.6 Å². The Morgan fingerprint density at radius 1 is 1.38 bits per heavy atom. The fraction of sp³-hybridized carbons (Fsp3) is 0.636. The van der Waals surface area contributed by atoms with Crippen molar-refractivity contribution in [1.29, 1.82) is 0 Å². The molecule has 0 spiro atoms. The van der Waals surface area contributed by atoms with Crippen molar-refractivity contribution >= 4 is 0 Å². The zero-order chi connectivity index (χ0) is 10.1. The molecule has 0 aromatic carbocycles. The third kappa shape index (κ3) is 2.64. The molecule has 0 aliphatic heterocycles. The van der Waals surface area contributed by atoms with Gasteiger partial charge in [0.2, 0.25) is 0 Å². The van der Waals surface area contributed by atoms with Gasteiger partial charge in [0, 0.05) is 0 Å². The van der Waals surface area contributed by atoms with Gasteiger partial charge in [0.05, 0.1) is 0 Å². The second-order valence-corrected chi connectivity index (χ2v) is 4.48. The molecule has 13 heavy (non-hydrogen) atoms. The lowest BCUT2D eigenvalue weighted by Crippen LogP contribution is -2.07. The molecule has 1 rings (SSSR count). The summed E-state index contributed by atoms with van der Waals surface area (Å²) in [5.41, 5.74) is 0.798. The molecule has 0 radical (unpaired) electrons. The van der Waals surface area contributed by atoms with Crippen LogP contribution in [0.5, 0.6) is 0 Å². The normalized spacial score (nSPS) is 24.8. The van der Waals surface area contributed by atoms with Crippen molar-refractivity contribution in [3.8, 4) is 0 Å². The van der Waals surface area contributed by atoms with Gasteiger partial charge in [-0.1, -0.05) is 26.8 Å². The highest BCUT2D eigenvalue weighted by Gasteiger charge is 2.21. The standard InChI is InChI=1S/C11H16F2/c1-11(2,3)8-5-4-6-9(12)10(13)7-8/h5,7,9H,4,6H2,1-3H3. The van der Waals surface area contributed by atoms with E-state index < -0.39 is 12.0 Å². The fourth-order valence-corrected chi connectivity index (χ4v) is 1.34. The second kappa shape index (κ2) is 3.60. The molecule has 2 heteroatoms. The highest BCUT2D eigenvalue weighted by atomic mass is 19.2. The van der Waals surface area contributed by atoms with Crippen LogP contribution in [0, 0.1) is 5.41 Å². The highest BCUT2D eigenvalue weighted by molar-refractivity contribution is 5.29. The maximum Gasteiger partial charge on any atom is 0.152 e. The molecule has 0 amide bonds. The summed E-state index contributed by atoms with van der Waals surface area (Å²) in [6.45, 7) is 6.00. The Morgan fingerprint density at radius 2 is 2.00 bits per heavy atom. The molecule has 0 aromatic rings. The van der Waals surface area contributed by atoms with Crippen LogP contribution in [0.3, 0.4) is 0 Å². The summed E-state index contributed by atoms with van der Waals surface area (Å²) in [4.78, 5) is 0. The van der Waals surface area contributed by atoms with Crippen LogP contribution in [0.25, 0.3) is 0 Å². The van der Waals surface area contributed by atoms with Gasteiger partial charge in [-0.2, -0.15) is 0 Å². The first-order valence-electron chi connectivity index (χ1n) is 4.63. The summed E-state index contributed by atoms with van der Waals surface area (Å²) in [5.74, 6) is -0.626. The monoisotopic (exact) mass is 186 g/mol. The smallest absolute Gasteiger partial charge is 0.152 e. The van der Waals surface area contributed by atoms with E-state index in [4.69, 9.17) is 0 Å². The Kier molecular flexibility index (Phi) is 2.89. The van der Waals surface area contributed by atoms with Crippen LogP contribution in [-0.2, 0) is 0 Å². The van der Waals surface area contributed by atoms with Crippen LogP contribution in [-0.4, -0.2) is 6.17 Å². The minimum Gasteiger partial charge on any atom is -0.240 e. The molecule has 0 saturated carbocycles. The molecular formula is C11H16F2. The van der Waals surface area contributed by atoms with E-state index in [1.54, 1.807) is 0 Å². The minimum absolute atomic E-state index is 0.0958. The van der Waals surface area contributed by atoms with Gasteiger partial charge < -0.3 is 0 Å². The molecule has 0 aromatic heterocycles.